The molecule has 1 aromatic rings. The quantitative estimate of drug-likeness (QED) is 0.250. The minimum Gasteiger partial charge on any atom is -0.507 e. The van der Waals surface area contributed by atoms with Crippen molar-refractivity contribution in [2.45, 2.75) is 6.42 Å². The number of ether oxygens (including phenoxy) is 1. The standard InChI is InChI=1S/C16H18N2O5/c1-22-18-11-6-9-15(20)17-10-4-5-12-23-16(21)13-7-2-3-8-14(13)19/h2-4,6-11,19H,5,12H2,1H3,(H,17,20)/b9-6+,10-4+,18-11+. The van der Waals surface area contributed by atoms with Crippen LogP contribution in [0.15, 0.2) is 53.8 Å². The molecule has 7 nitrogen and oxygen atoms in total. The molecule has 0 saturated carbocycles. The Morgan fingerprint density at radius 2 is 2.13 bits per heavy atom. The summed E-state index contributed by atoms with van der Waals surface area (Å²) in [5, 5.41) is 15.4. The number of nitrogens with zero attached hydrogens (tertiary/aromatic N) is 1. The van der Waals surface area contributed by atoms with Gasteiger partial charge in [0, 0.05) is 18.7 Å². The zero-order chi connectivity index (χ0) is 16.9. The van der Waals surface area contributed by atoms with Crippen molar-refractivity contribution in [3.8, 4) is 5.75 Å². The summed E-state index contributed by atoms with van der Waals surface area (Å²) in [6.07, 6.45) is 7.57. The summed E-state index contributed by atoms with van der Waals surface area (Å²) < 4.78 is 5.00. The SMILES string of the molecule is CO/N=C/C=C/C(=O)N/C=C/CCOC(=O)c1ccccc1O. The molecule has 0 unspecified atom stereocenters. The van der Waals surface area contributed by atoms with Crippen molar-refractivity contribution < 1.29 is 24.3 Å². The van der Waals surface area contributed by atoms with E-state index in [4.69, 9.17) is 4.74 Å². The van der Waals surface area contributed by atoms with Crippen LogP contribution in [-0.4, -0.2) is 36.9 Å². The largest absolute Gasteiger partial charge is 0.507 e. The third-order valence-electron chi connectivity index (χ3n) is 2.49. The highest BCUT2D eigenvalue weighted by atomic mass is 16.6. The number of allylic oxidation sites excluding steroid dienone is 1. The van der Waals surface area contributed by atoms with Gasteiger partial charge < -0.3 is 20.0 Å². The van der Waals surface area contributed by atoms with Gasteiger partial charge in [-0.15, -0.1) is 0 Å². The van der Waals surface area contributed by atoms with Gasteiger partial charge in [0.15, 0.2) is 0 Å². The first-order valence-corrected chi connectivity index (χ1v) is 6.79. The fraction of sp³-hybridized carbons (Fsp3) is 0.188. The summed E-state index contributed by atoms with van der Waals surface area (Å²) in [6, 6.07) is 6.15. The molecular weight excluding hydrogens is 300 g/mol. The molecule has 2 N–H and O–H groups in total. The van der Waals surface area contributed by atoms with Crippen molar-refractivity contribution in [1.82, 2.24) is 5.32 Å². The predicted molar refractivity (Wildman–Crippen MR) is 84.9 cm³/mol. The van der Waals surface area contributed by atoms with Crippen LogP contribution in [0.25, 0.3) is 0 Å². The van der Waals surface area contributed by atoms with Gasteiger partial charge in [-0.3, -0.25) is 4.79 Å². The van der Waals surface area contributed by atoms with Crippen LogP contribution in [0, 0.1) is 0 Å². The highest BCUT2D eigenvalue weighted by Crippen LogP contribution is 2.16. The number of benzene rings is 1. The Hall–Kier alpha value is -3.09. The lowest BCUT2D eigenvalue weighted by atomic mass is 10.2. The third-order valence-corrected chi connectivity index (χ3v) is 2.49. The number of carbonyl (C=O) groups excluding carboxylic acids is 2. The molecular formula is C16H18N2O5. The van der Waals surface area contributed by atoms with Crippen LogP contribution in [0.2, 0.25) is 0 Å². The van der Waals surface area contributed by atoms with Gasteiger partial charge in [-0.05, 0) is 18.2 Å². The number of phenolic OH excluding ortho intramolecular Hbond substituents is 1. The van der Waals surface area contributed by atoms with E-state index in [1.54, 1.807) is 18.2 Å². The Labute approximate surface area is 133 Å². The number of para-hydroxylation sites is 1. The van der Waals surface area contributed by atoms with Crippen LogP contribution >= 0.6 is 0 Å². The molecule has 0 aliphatic heterocycles. The smallest absolute Gasteiger partial charge is 0.341 e. The van der Waals surface area contributed by atoms with Crippen molar-refractivity contribution in [3.63, 3.8) is 0 Å². The minimum atomic E-state index is -0.596. The molecule has 0 aromatic heterocycles. The van der Waals surface area contributed by atoms with Gasteiger partial charge in [-0.1, -0.05) is 23.4 Å². The van der Waals surface area contributed by atoms with E-state index < -0.39 is 5.97 Å². The summed E-state index contributed by atoms with van der Waals surface area (Å²) in [4.78, 5) is 27.4. The number of nitrogens with one attached hydrogen (secondary N) is 1. The Bertz CT molecular complexity index is 608. The lowest BCUT2D eigenvalue weighted by Gasteiger charge is -2.04. The number of esters is 1. The van der Waals surface area contributed by atoms with Crippen LogP contribution in [0.5, 0.6) is 5.75 Å². The van der Waals surface area contributed by atoms with E-state index in [9.17, 15) is 14.7 Å². The first kappa shape index (κ1) is 18.0. The van der Waals surface area contributed by atoms with Gasteiger partial charge in [-0.25, -0.2) is 4.79 Å². The maximum Gasteiger partial charge on any atom is 0.341 e. The number of rotatable bonds is 8. The molecule has 1 aromatic carbocycles. The molecule has 1 amide bonds. The van der Waals surface area contributed by atoms with Gasteiger partial charge in [0.25, 0.3) is 0 Å². The Balaban J connectivity index is 2.23. The molecule has 0 saturated heterocycles. The highest BCUT2D eigenvalue weighted by molar-refractivity contribution is 5.92. The number of oxime groups is 1. The summed E-state index contributed by atoms with van der Waals surface area (Å²) >= 11 is 0. The van der Waals surface area contributed by atoms with Crippen LogP contribution in [0.1, 0.15) is 16.8 Å². The summed E-state index contributed by atoms with van der Waals surface area (Å²) in [6.45, 7) is 0.135. The normalized spacial score (nSPS) is 11.2. The van der Waals surface area contributed by atoms with E-state index in [2.05, 4.69) is 15.3 Å². The number of carbonyl (C=O) groups is 2. The fourth-order valence-electron chi connectivity index (χ4n) is 1.44. The number of amides is 1. The van der Waals surface area contributed by atoms with E-state index in [0.29, 0.717) is 6.42 Å². The Morgan fingerprint density at radius 1 is 1.35 bits per heavy atom. The monoisotopic (exact) mass is 318 g/mol. The van der Waals surface area contributed by atoms with Gasteiger partial charge in [-0.2, -0.15) is 0 Å². The molecule has 0 aliphatic rings. The van der Waals surface area contributed by atoms with Crippen LogP contribution in [0.3, 0.4) is 0 Å². The number of phenols is 1. The fourth-order valence-corrected chi connectivity index (χ4v) is 1.44. The molecule has 0 radical (unpaired) electrons. The maximum atomic E-state index is 11.7. The van der Waals surface area contributed by atoms with Gasteiger partial charge in [0.2, 0.25) is 5.91 Å². The molecule has 0 heterocycles. The lowest BCUT2D eigenvalue weighted by Crippen LogP contribution is -2.13. The molecule has 0 atom stereocenters. The van der Waals surface area contributed by atoms with E-state index in [0.717, 1.165) is 0 Å². The van der Waals surface area contributed by atoms with E-state index in [1.807, 2.05) is 0 Å². The van der Waals surface area contributed by atoms with Crippen molar-refractivity contribution in [2.24, 2.45) is 5.16 Å². The second kappa shape index (κ2) is 10.6. The van der Waals surface area contributed by atoms with Crippen molar-refractivity contribution >= 4 is 18.1 Å². The van der Waals surface area contributed by atoms with Crippen LogP contribution < -0.4 is 5.32 Å². The molecule has 122 valence electrons. The number of hydrogen-bond acceptors (Lipinski definition) is 6. The summed E-state index contributed by atoms with van der Waals surface area (Å²) in [7, 11) is 1.40. The minimum absolute atomic E-state index is 0.118. The van der Waals surface area contributed by atoms with Crippen molar-refractivity contribution in [3.05, 3.63) is 54.3 Å². The highest BCUT2D eigenvalue weighted by Gasteiger charge is 2.10. The van der Waals surface area contributed by atoms with Crippen LogP contribution in [0.4, 0.5) is 0 Å². The molecule has 0 aliphatic carbocycles. The lowest BCUT2D eigenvalue weighted by molar-refractivity contribution is -0.115. The van der Waals surface area contributed by atoms with Crippen molar-refractivity contribution in [1.29, 1.82) is 0 Å². The average molecular weight is 318 g/mol. The molecule has 0 fully saturated rings. The first-order valence-electron chi connectivity index (χ1n) is 6.79. The predicted octanol–water partition coefficient (Wildman–Crippen LogP) is 1.76. The average Bonchev–Trinajstić information content (AvgIpc) is 2.55. The zero-order valence-corrected chi connectivity index (χ0v) is 12.6. The first-order chi connectivity index (χ1) is 11.1. The van der Waals surface area contributed by atoms with Gasteiger partial charge in [0.05, 0.1) is 12.8 Å². The van der Waals surface area contributed by atoms with E-state index >= 15 is 0 Å². The third kappa shape index (κ3) is 7.47. The summed E-state index contributed by atoms with van der Waals surface area (Å²) in [5.41, 5.74) is 0.118. The second-order valence-electron chi connectivity index (χ2n) is 4.15. The van der Waals surface area contributed by atoms with Gasteiger partial charge in [0.1, 0.15) is 18.4 Å². The van der Waals surface area contributed by atoms with E-state index in [1.165, 1.54) is 43.8 Å². The van der Waals surface area contributed by atoms with Crippen molar-refractivity contribution in [2.75, 3.05) is 13.7 Å². The number of aromatic hydroxyl groups is 1. The Morgan fingerprint density at radius 3 is 2.87 bits per heavy atom. The topological polar surface area (TPSA) is 97.2 Å². The molecule has 0 bridgehead atoms. The maximum absolute atomic E-state index is 11.7. The molecule has 7 heteroatoms. The number of hydrogen-bond donors (Lipinski definition) is 2. The molecule has 1 rings (SSSR count). The van der Waals surface area contributed by atoms with Crippen LogP contribution in [-0.2, 0) is 14.4 Å². The molecule has 23 heavy (non-hydrogen) atoms. The van der Waals surface area contributed by atoms with Gasteiger partial charge >= 0.3 is 5.97 Å². The Kier molecular flexibility index (Phi) is 8.29. The van der Waals surface area contributed by atoms with E-state index in [-0.39, 0.29) is 23.8 Å². The molecule has 0 spiro atoms. The zero-order valence-electron chi connectivity index (χ0n) is 12.6. The summed E-state index contributed by atoms with van der Waals surface area (Å²) in [5.74, 6) is -1.04. The second-order valence-corrected chi connectivity index (χ2v) is 4.15.